The Kier molecular flexibility index (Phi) is 3.66. The highest BCUT2D eigenvalue weighted by Crippen LogP contribution is 2.49. The first kappa shape index (κ1) is 14.0. The van der Waals surface area contributed by atoms with Crippen molar-refractivity contribution in [2.45, 2.75) is 58.5 Å². The van der Waals surface area contributed by atoms with Crippen molar-refractivity contribution in [2.24, 2.45) is 0 Å². The van der Waals surface area contributed by atoms with Gasteiger partial charge in [-0.3, -0.25) is 0 Å². The van der Waals surface area contributed by atoms with Crippen molar-refractivity contribution in [1.29, 1.82) is 0 Å². The van der Waals surface area contributed by atoms with Crippen LogP contribution in [0, 0.1) is 6.92 Å². The van der Waals surface area contributed by atoms with Gasteiger partial charge in [0.25, 0.3) is 0 Å². The van der Waals surface area contributed by atoms with E-state index in [0.29, 0.717) is 11.7 Å². The van der Waals surface area contributed by atoms with Crippen molar-refractivity contribution < 1.29 is 14.6 Å². The molecule has 1 aliphatic heterocycles. The zero-order valence-electron chi connectivity index (χ0n) is 12.5. The molecule has 1 heterocycles. The highest BCUT2D eigenvalue weighted by molar-refractivity contribution is 5.58. The van der Waals surface area contributed by atoms with Gasteiger partial charge in [0.15, 0.2) is 11.5 Å². The number of phenolic OH excluding ortho intramolecular Hbond substituents is 1. The Bertz CT molecular complexity index is 477. The van der Waals surface area contributed by atoms with Crippen LogP contribution in [0.1, 0.15) is 57.1 Å². The van der Waals surface area contributed by atoms with E-state index in [4.69, 9.17) is 9.47 Å². The van der Waals surface area contributed by atoms with Crippen LogP contribution in [-0.2, 0) is 0 Å². The number of rotatable bonds is 3. The Morgan fingerprint density at radius 3 is 2.74 bits per heavy atom. The average Bonchev–Trinajstić information content (AvgIpc) is 2.32. The normalized spacial score (nSPS) is 20.6. The lowest BCUT2D eigenvalue weighted by atomic mass is 9.80. The van der Waals surface area contributed by atoms with E-state index in [9.17, 15) is 5.11 Å². The third-order valence-electron chi connectivity index (χ3n) is 3.91. The Morgan fingerprint density at radius 2 is 2.16 bits per heavy atom. The zero-order valence-corrected chi connectivity index (χ0v) is 12.5. The second-order valence-corrected chi connectivity index (χ2v) is 6.02. The molecular formula is C16H24O3. The molecule has 0 fully saturated rings. The largest absolute Gasteiger partial charge is 0.504 e. The standard InChI is InChI=1S/C16H24O3/c1-6-7-11-9-16(3,4)19-12-8-13(18-5)15(17)10(2)14(11)12/h8,11,17H,6-7,9H2,1-5H3. The minimum absolute atomic E-state index is 0.165. The zero-order chi connectivity index (χ0) is 14.2. The lowest BCUT2D eigenvalue weighted by Gasteiger charge is -2.39. The molecule has 0 amide bonds. The molecule has 0 aromatic heterocycles. The van der Waals surface area contributed by atoms with E-state index >= 15 is 0 Å². The monoisotopic (exact) mass is 264 g/mol. The van der Waals surface area contributed by atoms with E-state index in [1.54, 1.807) is 7.11 Å². The molecular weight excluding hydrogens is 240 g/mol. The molecule has 0 saturated carbocycles. The van der Waals surface area contributed by atoms with Crippen molar-refractivity contribution in [3.05, 3.63) is 17.2 Å². The molecule has 106 valence electrons. The predicted octanol–water partition coefficient (Wildman–Crippen LogP) is 4.15. The van der Waals surface area contributed by atoms with E-state index in [-0.39, 0.29) is 11.4 Å². The number of hydrogen-bond acceptors (Lipinski definition) is 3. The van der Waals surface area contributed by atoms with Crippen LogP contribution in [0.5, 0.6) is 17.2 Å². The Hall–Kier alpha value is -1.38. The first-order valence-electron chi connectivity index (χ1n) is 6.99. The van der Waals surface area contributed by atoms with E-state index in [0.717, 1.165) is 36.1 Å². The van der Waals surface area contributed by atoms with Crippen LogP contribution in [0.2, 0.25) is 0 Å². The summed E-state index contributed by atoms with van der Waals surface area (Å²) in [4.78, 5) is 0. The Balaban J connectivity index is 2.57. The molecule has 1 aromatic rings. The number of phenols is 1. The minimum Gasteiger partial charge on any atom is -0.504 e. The second kappa shape index (κ2) is 4.95. The number of methoxy groups -OCH3 is 1. The van der Waals surface area contributed by atoms with Gasteiger partial charge in [0.2, 0.25) is 0 Å². The lowest BCUT2D eigenvalue weighted by Crippen LogP contribution is -2.35. The maximum absolute atomic E-state index is 10.2. The van der Waals surface area contributed by atoms with Gasteiger partial charge in [-0.2, -0.15) is 0 Å². The highest BCUT2D eigenvalue weighted by atomic mass is 16.5. The number of fused-ring (bicyclic) bond motifs is 1. The molecule has 1 atom stereocenters. The van der Waals surface area contributed by atoms with Gasteiger partial charge in [0, 0.05) is 17.2 Å². The maximum Gasteiger partial charge on any atom is 0.164 e. The number of ether oxygens (including phenoxy) is 2. The van der Waals surface area contributed by atoms with E-state index < -0.39 is 0 Å². The Morgan fingerprint density at radius 1 is 1.47 bits per heavy atom. The van der Waals surface area contributed by atoms with Gasteiger partial charge in [-0.15, -0.1) is 0 Å². The van der Waals surface area contributed by atoms with Crippen LogP contribution in [0.25, 0.3) is 0 Å². The third kappa shape index (κ3) is 2.51. The fraction of sp³-hybridized carbons (Fsp3) is 0.625. The molecule has 2 rings (SSSR count). The molecule has 1 N–H and O–H groups in total. The average molecular weight is 264 g/mol. The van der Waals surface area contributed by atoms with Crippen LogP contribution >= 0.6 is 0 Å². The molecule has 0 radical (unpaired) electrons. The molecule has 1 aromatic carbocycles. The fourth-order valence-electron chi connectivity index (χ4n) is 3.14. The number of aromatic hydroxyl groups is 1. The Labute approximate surface area is 115 Å². The van der Waals surface area contributed by atoms with Gasteiger partial charge in [-0.25, -0.2) is 0 Å². The van der Waals surface area contributed by atoms with Gasteiger partial charge in [0.1, 0.15) is 11.4 Å². The van der Waals surface area contributed by atoms with Crippen molar-refractivity contribution in [3.63, 3.8) is 0 Å². The summed E-state index contributed by atoms with van der Waals surface area (Å²) in [6.45, 7) is 8.38. The molecule has 3 heteroatoms. The molecule has 0 bridgehead atoms. The molecule has 0 aliphatic carbocycles. The van der Waals surface area contributed by atoms with Crippen LogP contribution in [0.4, 0.5) is 0 Å². The topological polar surface area (TPSA) is 38.7 Å². The summed E-state index contributed by atoms with van der Waals surface area (Å²) in [5, 5.41) is 10.2. The van der Waals surface area contributed by atoms with Crippen molar-refractivity contribution in [1.82, 2.24) is 0 Å². The maximum atomic E-state index is 10.2. The quantitative estimate of drug-likeness (QED) is 0.891. The SMILES string of the molecule is CCCC1CC(C)(C)Oc2cc(OC)c(O)c(C)c21. The molecule has 1 unspecified atom stereocenters. The second-order valence-electron chi connectivity index (χ2n) is 6.02. The van der Waals surface area contributed by atoms with Gasteiger partial charge < -0.3 is 14.6 Å². The van der Waals surface area contributed by atoms with E-state index in [2.05, 4.69) is 20.8 Å². The summed E-state index contributed by atoms with van der Waals surface area (Å²) < 4.78 is 11.3. The minimum atomic E-state index is -0.165. The fourth-order valence-corrected chi connectivity index (χ4v) is 3.14. The van der Waals surface area contributed by atoms with E-state index in [1.165, 1.54) is 0 Å². The first-order valence-corrected chi connectivity index (χ1v) is 6.99. The van der Waals surface area contributed by atoms with Gasteiger partial charge in [0.05, 0.1) is 7.11 Å². The molecule has 0 spiro atoms. The summed E-state index contributed by atoms with van der Waals surface area (Å²) in [6, 6.07) is 1.82. The van der Waals surface area contributed by atoms with Gasteiger partial charge >= 0.3 is 0 Å². The number of hydrogen-bond donors (Lipinski definition) is 1. The summed E-state index contributed by atoms with van der Waals surface area (Å²) in [5.41, 5.74) is 1.88. The summed E-state index contributed by atoms with van der Waals surface area (Å²) in [7, 11) is 1.57. The van der Waals surface area contributed by atoms with Crippen LogP contribution in [-0.4, -0.2) is 17.8 Å². The van der Waals surface area contributed by atoms with Crippen LogP contribution in [0.3, 0.4) is 0 Å². The lowest BCUT2D eigenvalue weighted by molar-refractivity contribution is 0.0694. The van der Waals surface area contributed by atoms with Crippen molar-refractivity contribution in [3.8, 4) is 17.2 Å². The third-order valence-corrected chi connectivity index (χ3v) is 3.91. The van der Waals surface area contributed by atoms with Crippen molar-refractivity contribution >= 4 is 0 Å². The summed E-state index contributed by atoms with van der Waals surface area (Å²) >= 11 is 0. The number of benzene rings is 1. The van der Waals surface area contributed by atoms with Gasteiger partial charge in [-0.1, -0.05) is 13.3 Å². The molecule has 19 heavy (non-hydrogen) atoms. The van der Waals surface area contributed by atoms with Gasteiger partial charge in [-0.05, 0) is 39.5 Å². The molecule has 3 nitrogen and oxygen atoms in total. The van der Waals surface area contributed by atoms with Crippen LogP contribution in [0.15, 0.2) is 6.07 Å². The predicted molar refractivity (Wildman–Crippen MR) is 76.4 cm³/mol. The van der Waals surface area contributed by atoms with E-state index in [1.807, 2.05) is 13.0 Å². The summed E-state index contributed by atoms with van der Waals surface area (Å²) in [6.07, 6.45) is 3.24. The smallest absolute Gasteiger partial charge is 0.164 e. The first-order chi connectivity index (χ1) is 8.89. The highest BCUT2D eigenvalue weighted by Gasteiger charge is 2.35. The molecule has 0 saturated heterocycles. The molecule has 1 aliphatic rings. The van der Waals surface area contributed by atoms with Crippen molar-refractivity contribution in [2.75, 3.05) is 7.11 Å². The van der Waals surface area contributed by atoms with Crippen LogP contribution < -0.4 is 9.47 Å². The summed E-state index contributed by atoms with van der Waals surface area (Å²) in [5.74, 6) is 2.04.